The van der Waals surface area contributed by atoms with Crippen molar-refractivity contribution >= 4 is 12.1 Å². The minimum atomic E-state index is -1.15. The van der Waals surface area contributed by atoms with E-state index < -0.39 is 18.1 Å². The fraction of sp³-hybridized carbons (Fsp3) is 0.600. The van der Waals surface area contributed by atoms with Gasteiger partial charge in [0, 0.05) is 6.54 Å². The number of nitrogens with zero attached hydrogens (tertiary/aromatic N) is 1. The Balaban J connectivity index is 2.51. The van der Waals surface area contributed by atoms with Crippen LogP contribution in [0.25, 0.3) is 0 Å². The second kappa shape index (κ2) is 2.17. The van der Waals surface area contributed by atoms with Crippen molar-refractivity contribution in [2.24, 2.45) is 0 Å². The van der Waals surface area contributed by atoms with E-state index in [-0.39, 0.29) is 0 Å². The number of aliphatic carboxylic acids is 1. The van der Waals surface area contributed by atoms with Gasteiger partial charge in [0.25, 0.3) is 0 Å². The van der Waals surface area contributed by atoms with Crippen LogP contribution in [-0.2, 0) is 4.79 Å². The first-order valence-corrected chi connectivity index (χ1v) is 2.85. The van der Waals surface area contributed by atoms with Crippen LogP contribution in [0.5, 0.6) is 0 Å². The monoisotopic (exact) mass is 145 g/mol. The Morgan fingerprint density at radius 3 is 2.10 bits per heavy atom. The molecule has 10 heavy (non-hydrogen) atoms. The Morgan fingerprint density at radius 1 is 1.40 bits per heavy atom. The fourth-order valence-electron chi connectivity index (χ4n) is 0.873. The molecule has 5 nitrogen and oxygen atoms in total. The summed E-state index contributed by atoms with van der Waals surface area (Å²) in [4.78, 5) is 21.3. The number of rotatable bonds is 1. The maximum Gasteiger partial charge on any atom is 0.408 e. The number of likely N-dealkylation sites (tertiary alicyclic amines) is 1. The molecule has 0 radical (unpaired) electrons. The van der Waals surface area contributed by atoms with E-state index in [2.05, 4.69) is 0 Å². The van der Waals surface area contributed by atoms with Crippen LogP contribution >= 0.6 is 0 Å². The van der Waals surface area contributed by atoms with Gasteiger partial charge < -0.3 is 10.2 Å². The maximum atomic E-state index is 10.2. The number of carboxylic acids is 1. The molecule has 1 aliphatic rings. The molecule has 1 aliphatic heterocycles. The highest BCUT2D eigenvalue weighted by atomic mass is 16.4. The zero-order valence-electron chi connectivity index (χ0n) is 5.15. The zero-order valence-corrected chi connectivity index (χ0v) is 5.15. The van der Waals surface area contributed by atoms with Crippen LogP contribution in [0, 0.1) is 0 Å². The molecule has 1 fully saturated rings. The van der Waals surface area contributed by atoms with Crippen LogP contribution < -0.4 is 0 Å². The molecule has 1 saturated heterocycles. The molecule has 0 aliphatic carbocycles. The zero-order chi connectivity index (χ0) is 7.72. The second-order valence-corrected chi connectivity index (χ2v) is 2.12. The van der Waals surface area contributed by atoms with Gasteiger partial charge in [-0.05, 0) is 6.42 Å². The Morgan fingerprint density at radius 2 is 2.00 bits per heavy atom. The summed E-state index contributed by atoms with van der Waals surface area (Å²) >= 11 is 0. The van der Waals surface area contributed by atoms with Crippen LogP contribution in [0.1, 0.15) is 6.42 Å². The smallest absolute Gasteiger partial charge is 0.408 e. The first-order chi connectivity index (χ1) is 4.63. The van der Waals surface area contributed by atoms with Gasteiger partial charge in [0.2, 0.25) is 0 Å². The van der Waals surface area contributed by atoms with Crippen LogP contribution in [0.3, 0.4) is 0 Å². The van der Waals surface area contributed by atoms with E-state index in [1.165, 1.54) is 0 Å². The Hall–Kier alpha value is -1.26. The maximum absolute atomic E-state index is 10.2. The third-order valence-corrected chi connectivity index (χ3v) is 1.55. The highest BCUT2D eigenvalue weighted by Crippen LogP contribution is 2.16. The first kappa shape index (κ1) is 6.85. The minimum absolute atomic E-state index is 0.340. The molecule has 0 aromatic heterocycles. The average Bonchev–Trinajstić information content (AvgIpc) is 1.56. The van der Waals surface area contributed by atoms with Crippen LogP contribution in [-0.4, -0.2) is 39.8 Å². The van der Waals surface area contributed by atoms with Crippen molar-refractivity contribution in [3.05, 3.63) is 0 Å². The second-order valence-electron chi connectivity index (χ2n) is 2.12. The molecular weight excluding hydrogens is 138 g/mol. The van der Waals surface area contributed by atoms with Crippen LogP contribution in [0.4, 0.5) is 4.79 Å². The molecule has 0 aromatic carbocycles. The third-order valence-electron chi connectivity index (χ3n) is 1.55. The molecule has 1 amide bonds. The van der Waals surface area contributed by atoms with Crippen LogP contribution in [0.15, 0.2) is 0 Å². The number of hydrogen-bond acceptors (Lipinski definition) is 2. The van der Waals surface area contributed by atoms with E-state index in [1.54, 1.807) is 0 Å². The summed E-state index contributed by atoms with van der Waals surface area (Å²) < 4.78 is 0. The van der Waals surface area contributed by atoms with Crippen molar-refractivity contribution in [1.82, 2.24) is 4.90 Å². The molecule has 1 rings (SSSR count). The molecule has 5 heteroatoms. The molecule has 0 unspecified atom stereocenters. The van der Waals surface area contributed by atoms with Crippen molar-refractivity contribution < 1.29 is 19.8 Å². The summed E-state index contributed by atoms with van der Waals surface area (Å²) in [5.41, 5.74) is 0. The van der Waals surface area contributed by atoms with Gasteiger partial charge in [-0.2, -0.15) is 0 Å². The lowest BCUT2D eigenvalue weighted by Gasteiger charge is -2.35. The van der Waals surface area contributed by atoms with E-state index in [4.69, 9.17) is 10.2 Å². The molecule has 0 spiro atoms. The Kier molecular flexibility index (Phi) is 1.48. The molecule has 0 saturated carbocycles. The SMILES string of the molecule is O=C(O)[C@@H]1CCN1C(=O)O. The molecule has 1 atom stereocenters. The third kappa shape index (κ3) is 0.896. The van der Waals surface area contributed by atoms with Gasteiger partial charge in [-0.3, -0.25) is 4.90 Å². The number of carbonyl (C=O) groups is 2. The Labute approximate surface area is 56.9 Å². The van der Waals surface area contributed by atoms with E-state index in [9.17, 15) is 9.59 Å². The fourth-order valence-corrected chi connectivity index (χ4v) is 0.873. The predicted octanol–water partition coefficient (Wildman–Crippen LogP) is -0.177. The van der Waals surface area contributed by atoms with Crippen molar-refractivity contribution in [2.75, 3.05) is 6.54 Å². The standard InChI is InChI=1S/C5H7NO4/c7-4(8)3-1-2-6(3)5(9)10/h3H,1-2H2,(H,7,8)(H,9,10)/t3-/m0/s1. The lowest BCUT2D eigenvalue weighted by molar-refractivity contribution is -0.146. The molecule has 1 heterocycles. The van der Waals surface area contributed by atoms with E-state index in [0.29, 0.717) is 13.0 Å². The van der Waals surface area contributed by atoms with Gasteiger partial charge in [-0.1, -0.05) is 0 Å². The number of hydrogen-bond donors (Lipinski definition) is 2. The summed E-state index contributed by atoms with van der Waals surface area (Å²) in [6.45, 7) is 0.340. The Bertz CT molecular complexity index is 158. The summed E-state index contributed by atoms with van der Waals surface area (Å²) in [5.74, 6) is -1.06. The molecule has 0 bridgehead atoms. The van der Waals surface area contributed by atoms with Gasteiger partial charge in [0.1, 0.15) is 6.04 Å². The summed E-state index contributed by atoms with van der Waals surface area (Å²) in [7, 11) is 0. The van der Waals surface area contributed by atoms with Gasteiger partial charge >= 0.3 is 12.1 Å². The number of amides is 1. The van der Waals surface area contributed by atoms with Gasteiger partial charge in [0.15, 0.2) is 0 Å². The highest BCUT2D eigenvalue weighted by Gasteiger charge is 2.37. The first-order valence-electron chi connectivity index (χ1n) is 2.85. The molecule has 56 valence electrons. The van der Waals surface area contributed by atoms with E-state index in [1.807, 2.05) is 0 Å². The summed E-state index contributed by atoms with van der Waals surface area (Å²) in [6, 6.07) is -0.808. The van der Waals surface area contributed by atoms with Gasteiger partial charge in [0.05, 0.1) is 0 Å². The lowest BCUT2D eigenvalue weighted by atomic mass is 10.1. The topological polar surface area (TPSA) is 77.8 Å². The average molecular weight is 145 g/mol. The minimum Gasteiger partial charge on any atom is -0.480 e. The van der Waals surface area contributed by atoms with Crippen LogP contribution in [0.2, 0.25) is 0 Å². The number of carboxylic acid groups (broad SMARTS) is 2. The van der Waals surface area contributed by atoms with Crippen molar-refractivity contribution in [1.29, 1.82) is 0 Å². The van der Waals surface area contributed by atoms with Crippen molar-refractivity contribution in [3.8, 4) is 0 Å². The van der Waals surface area contributed by atoms with Crippen molar-refractivity contribution in [2.45, 2.75) is 12.5 Å². The molecule has 0 aromatic rings. The van der Waals surface area contributed by atoms with Crippen molar-refractivity contribution in [3.63, 3.8) is 0 Å². The normalized spacial score (nSPS) is 23.6. The van der Waals surface area contributed by atoms with E-state index in [0.717, 1.165) is 4.90 Å². The highest BCUT2D eigenvalue weighted by molar-refractivity contribution is 5.81. The summed E-state index contributed by atoms with van der Waals surface area (Å²) in [6.07, 6.45) is -0.722. The molecular formula is C5H7NO4. The summed E-state index contributed by atoms with van der Waals surface area (Å²) in [5, 5.41) is 16.7. The predicted molar refractivity (Wildman–Crippen MR) is 30.8 cm³/mol. The van der Waals surface area contributed by atoms with Gasteiger partial charge in [-0.25, -0.2) is 9.59 Å². The lowest BCUT2D eigenvalue weighted by Crippen LogP contribution is -2.54. The van der Waals surface area contributed by atoms with Gasteiger partial charge in [-0.15, -0.1) is 0 Å². The molecule has 2 N–H and O–H groups in total. The quantitative estimate of drug-likeness (QED) is 0.536. The largest absolute Gasteiger partial charge is 0.480 e. The van der Waals surface area contributed by atoms with E-state index >= 15 is 0 Å².